The first-order chi connectivity index (χ1) is 17.2. The summed E-state index contributed by atoms with van der Waals surface area (Å²) in [6, 6.07) is 7.64. The zero-order valence-electron chi connectivity index (χ0n) is 19.7. The van der Waals surface area contributed by atoms with Crippen LogP contribution in [0.15, 0.2) is 36.8 Å². The molecule has 1 aromatic carbocycles. The van der Waals surface area contributed by atoms with Gasteiger partial charge in [-0.25, -0.2) is 4.98 Å². The van der Waals surface area contributed by atoms with E-state index in [4.69, 9.17) is 39.5 Å². The van der Waals surface area contributed by atoms with Gasteiger partial charge in [0.1, 0.15) is 29.4 Å². The van der Waals surface area contributed by atoms with Crippen molar-refractivity contribution in [2.45, 2.75) is 25.5 Å². The fraction of sp³-hybridized carbons (Fsp3) is 0.280. The van der Waals surface area contributed by atoms with Crippen LogP contribution in [-0.4, -0.2) is 45.8 Å². The van der Waals surface area contributed by atoms with E-state index in [1.54, 1.807) is 18.3 Å². The summed E-state index contributed by atoms with van der Waals surface area (Å²) >= 11 is 19.1. The predicted octanol–water partition coefficient (Wildman–Crippen LogP) is 5.79. The van der Waals surface area contributed by atoms with Crippen molar-refractivity contribution in [1.29, 1.82) is 5.26 Å². The minimum atomic E-state index is -0.482. The molecule has 3 aromatic heterocycles. The summed E-state index contributed by atoms with van der Waals surface area (Å²) in [4.78, 5) is 10.7. The third kappa shape index (κ3) is 4.33. The van der Waals surface area contributed by atoms with Gasteiger partial charge in [0.05, 0.1) is 31.7 Å². The number of aromatic amines is 1. The topological polar surface area (TPSA) is 103 Å². The predicted molar refractivity (Wildman–Crippen MR) is 142 cm³/mol. The molecule has 0 radical (unpaired) electrons. The van der Waals surface area contributed by atoms with E-state index < -0.39 is 6.10 Å². The zero-order chi connectivity index (χ0) is 25.6. The third-order valence-corrected chi connectivity index (χ3v) is 7.36. The van der Waals surface area contributed by atoms with Crippen LogP contribution in [0.2, 0.25) is 15.1 Å². The molecule has 1 aliphatic rings. The first-order valence-corrected chi connectivity index (χ1v) is 12.3. The van der Waals surface area contributed by atoms with E-state index in [1.807, 2.05) is 20.0 Å². The summed E-state index contributed by atoms with van der Waals surface area (Å²) in [6.07, 6.45) is 4.29. The molecule has 0 spiro atoms. The van der Waals surface area contributed by atoms with Gasteiger partial charge in [0, 0.05) is 48.2 Å². The van der Waals surface area contributed by atoms with Crippen LogP contribution in [0.25, 0.3) is 22.2 Å². The Bertz CT molecular complexity index is 1490. The number of hydrogen-bond acceptors (Lipinski definition) is 7. The molecule has 0 aliphatic carbocycles. The average Bonchev–Trinajstić information content (AvgIpc) is 3.24. The number of benzene rings is 1. The number of anilines is 1. The molecular weight excluding hydrogens is 521 g/mol. The third-order valence-electron chi connectivity index (χ3n) is 6.46. The highest BCUT2D eigenvalue weighted by molar-refractivity contribution is 6.36. The second kappa shape index (κ2) is 9.41. The normalized spacial score (nSPS) is 15.4. The molecule has 11 heteroatoms. The van der Waals surface area contributed by atoms with Gasteiger partial charge in [-0.3, -0.25) is 10.1 Å². The van der Waals surface area contributed by atoms with Crippen LogP contribution in [0.3, 0.4) is 0 Å². The smallest absolute Gasteiger partial charge is 0.146 e. The highest BCUT2D eigenvalue weighted by Gasteiger charge is 2.39. The average molecular weight is 543 g/mol. The van der Waals surface area contributed by atoms with Gasteiger partial charge in [-0.2, -0.15) is 10.4 Å². The molecule has 1 aliphatic heterocycles. The van der Waals surface area contributed by atoms with Crippen LogP contribution in [0.5, 0.6) is 5.75 Å². The Morgan fingerprint density at radius 3 is 2.53 bits per heavy atom. The van der Waals surface area contributed by atoms with Gasteiger partial charge in [-0.05, 0) is 39.1 Å². The van der Waals surface area contributed by atoms with Crippen LogP contribution in [0.4, 0.5) is 5.82 Å². The van der Waals surface area contributed by atoms with E-state index in [1.165, 1.54) is 12.4 Å². The molecule has 0 saturated carbocycles. The summed E-state index contributed by atoms with van der Waals surface area (Å²) < 4.78 is 6.16. The van der Waals surface area contributed by atoms with E-state index in [2.05, 4.69) is 43.4 Å². The van der Waals surface area contributed by atoms with Gasteiger partial charge in [-0.15, -0.1) is 0 Å². The Morgan fingerprint density at radius 2 is 1.86 bits per heavy atom. The molecule has 2 N–H and O–H groups in total. The molecule has 4 heterocycles. The van der Waals surface area contributed by atoms with Gasteiger partial charge >= 0.3 is 0 Å². The van der Waals surface area contributed by atoms with Gasteiger partial charge < -0.3 is 15.0 Å². The lowest BCUT2D eigenvalue weighted by Crippen LogP contribution is -2.67. The highest BCUT2D eigenvalue weighted by Crippen LogP contribution is 2.39. The lowest BCUT2D eigenvalue weighted by molar-refractivity contribution is 0.227. The fourth-order valence-electron chi connectivity index (χ4n) is 4.41. The standard InChI is InChI=1S/C25H22Cl3N7O/c1-13(22-18(27)9-31-10-19(22)28)36-21-5-16-20(6-17(21)26)33-34-23(16)15-4-14(7-29)24(32-8-15)35-11-25(2,12-35)30-3/h4-6,8-10,13,30H,11-12H2,1-3H3,(H,33,34)/t13-/m1/s1. The summed E-state index contributed by atoms with van der Waals surface area (Å²) in [5.41, 5.74) is 3.20. The van der Waals surface area contributed by atoms with Crippen molar-refractivity contribution in [2.24, 2.45) is 0 Å². The molecular formula is C25H22Cl3N7O. The Kier molecular flexibility index (Phi) is 6.43. The summed E-state index contributed by atoms with van der Waals surface area (Å²) in [5, 5.41) is 22.6. The van der Waals surface area contributed by atoms with Crippen LogP contribution in [0, 0.1) is 11.3 Å². The molecule has 0 bridgehead atoms. The molecule has 1 atom stereocenters. The maximum Gasteiger partial charge on any atom is 0.146 e. The lowest BCUT2D eigenvalue weighted by Gasteiger charge is -2.48. The summed E-state index contributed by atoms with van der Waals surface area (Å²) in [5.74, 6) is 1.11. The van der Waals surface area contributed by atoms with Crippen molar-refractivity contribution in [1.82, 2.24) is 25.5 Å². The van der Waals surface area contributed by atoms with Crippen molar-refractivity contribution in [3.05, 3.63) is 63.0 Å². The SMILES string of the molecule is CNC1(C)CN(c2ncc(-c3n[nH]c4cc(Cl)c(O[C@H](C)c5c(Cl)cncc5Cl)cc34)cc2C#N)C1. The van der Waals surface area contributed by atoms with Crippen LogP contribution < -0.4 is 15.0 Å². The summed E-state index contributed by atoms with van der Waals surface area (Å²) in [6.45, 7) is 5.53. The number of rotatable bonds is 6. The van der Waals surface area contributed by atoms with Crippen molar-refractivity contribution in [3.8, 4) is 23.1 Å². The molecule has 0 amide bonds. The van der Waals surface area contributed by atoms with Crippen molar-refractivity contribution in [3.63, 3.8) is 0 Å². The number of H-pyrrole nitrogens is 1. The number of likely N-dealkylation sites (N-methyl/N-ethyl adjacent to an activating group) is 1. The minimum absolute atomic E-state index is 0.0169. The monoisotopic (exact) mass is 541 g/mol. The quantitative estimate of drug-likeness (QED) is 0.318. The Balaban J connectivity index is 1.48. The van der Waals surface area contributed by atoms with Gasteiger partial charge in [0.25, 0.3) is 0 Å². The second-order valence-corrected chi connectivity index (χ2v) is 10.3. The molecule has 1 fully saturated rings. The number of nitriles is 1. The van der Waals surface area contributed by atoms with Crippen LogP contribution in [-0.2, 0) is 0 Å². The lowest BCUT2D eigenvalue weighted by atomic mass is 9.92. The molecule has 36 heavy (non-hydrogen) atoms. The molecule has 0 unspecified atom stereocenters. The highest BCUT2D eigenvalue weighted by atomic mass is 35.5. The molecule has 1 saturated heterocycles. The van der Waals surface area contributed by atoms with E-state index in [9.17, 15) is 5.26 Å². The zero-order valence-corrected chi connectivity index (χ0v) is 22.0. The van der Waals surface area contributed by atoms with Crippen LogP contribution in [0.1, 0.15) is 31.1 Å². The van der Waals surface area contributed by atoms with Crippen molar-refractivity contribution >= 4 is 51.5 Å². The maximum atomic E-state index is 9.82. The number of nitrogens with one attached hydrogen (secondary N) is 2. The van der Waals surface area contributed by atoms with Gasteiger partial charge in [-0.1, -0.05) is 34.8 Å². The Hall–Kier alpha value is -3.09. The van der Waals surface area contributed by atoms with Crippen molar-refractivity contribution < 1.29 is 4.74 Å². The second-order valence-electron chi connectivity index (χ2n) is 9.05. The number of hydrogen-bond donors (Lipinski definition) is 2. The van der Waals surface area contributed by atoms with E-state index in [0.717, 1.165) is 24.0 Å². The largest absolute Gasteiger partial charge is 0.484 e. The molecule has 8 nitrogen and oxygen atoms in total. The van der Waals surface area contributed by atoms with Gasteiger partial charge in [0.15, 0.2) is 0 Å². The summed E-state index contributed by atoms with van der Waals surface area (Å²) in [7, 11) is 1.94. The first-order valence-electron chi connectivity index (χ1n) is 11.2. The first kappa shape index (κ1) is 24.6. The van der Waals surface area contributed by atoms with Crippen LogP contribution >= 0.6 is 34.8 Å². The number of fused-ring (bicyclic) bond motifs is 1. The van der Waals surface area contributed by atoms with E-state index in [0.29, 0.717) is 49.0 Å². The van der Waals surface area contributed by atoms with Crippen molar-refractivity contribution in [2.75, 3.05) is 25.0 Å². The van der Waals surface area contributed by atoms with E-state index >= 15 is 0 Å². The number of aromatic nitrogens is 4. The maximum absolute atomic E-state index is 9.82. The number of nitrogens with zero attached hydrogens (tertiary/aromatic N) is 5. The number of ether oxygens (including phenoxy) is 1. The van der Waals surface area contributed by atoms with Gasteiger partial charge in [0.2, 0.25) is 0 Å². The fourth-order valence-corrected chi connectivity index (χ4v) is 5.29. The number of pyridine rings is 2. The minimum Gasteiger partial charge on any atom is -0.484 e. The number of halogens is 3. The Morgan fingerprint density at radius 1 is 1.14 bits per heavy atom. The molecule has 4 aromatic rings. The van der Waals surface area contributed by atoms with E-state index in [-0.39, 0.29) is 5.54 Å². The molecule has 184 valence electrons. The Labute approximate surface area is 223 Å². The molecule has 5 rings (SSSR count).